The average molecular weight is 216 g/mol. The van der Waals surface area contributed by atoms with Crippen LogP contribution >= 0.6 is 23.2 Å². The molecule has 0 unspecified atom stereocenters. The van der Waals surface area contributed by atoms with Gasteiger partial charge in [-0.15, -0.1) is 6.58 Å². The molecular weight excluding hydrogens is 205 g/mol. The number of benzene rings is 1. The number of nitrogens with two attached hydrogens (primary N) is 1. The van der Waals surface area contributed by atoms with Crippen molar-refractivity contribution < 1.29 is 0 Å². The van der Waals surface area contributed by atoms with E-state index in [4.69, 9.17) is 28.9 Å². The largest absolute Gasteiger partial charge is 0.324 e. The Morgan fingerprint density at radius 3 is 2.38 bits per heavy atom. The molecule has 0 bridgehead atoms. The fraction of sp³-hybridized carbons (Fsp3) is 0.200. The minimum atomic E-state index is -0.168. The van der Waals surface area contributed by atoms with Gasteiger partial charge < -0.3 is 5.73 Å². The number of hydrogen-bond donors (Lipinski definition) is 1. The van der Waals surface area contributed by atoms with Gasteiger partial charge in [-0.2, -0.15) is 0 Å². The molecule has 1 rings (SSSR count). The molecule has 0 heterocycles. The van der Waals surface area contributed by atoms with Crippen LogP contribution in [0.4, 0.5) is 0 Å². The Morgan fingerprint density at radius 2 is 1.92 bits per heavy atom. The van der Waals surface area contributed by atoms with E-state index in [9.17, 15) is 0 Å². The van der Waals surface area contributed by atoms with Crippen LogP contribution in [0.3, 0.4) is 0 Å². The van der Waals surface area contributed by atoms with Gasteiger partial charge in [0.15, 0.2) is 0 Å². The van der Waals surface area contributed by atoms with Crippen molar-refractivity contribution in [1.82, 2.24) is 0 Å². The first kappa shape index (κ1) is 10.6. The molecule has 0 saturated carbocycles. The summed E-state index contributed by atoms with van der Waals surface area (Å²) in [4.78, 5) is 0. The van der Waals surface area contributed by atoms with Gasteiger partial charge in [-0.3, -0.25) is 0 Å². The zero-order chi connectivity index (χ0) is 9.84. The number of hydrogen-bond acceptors (Lipinski definition) is 1. The van der Waals surface area contributed by atoms with Crippen molar-refractivity contribution in [2.24, 2.45) is 5.73 Å². The highest BCUT2D eigenvalue weighted by molar-refractivity contribution is 6.36. The van der Waals surface area contributed by atoms with Crippen LogP contribution in [0.25, 0.3) is 0 Å². The Hall–Kier alpha value is -0.500. The van der Waals surface area contributed by atoms with Crippen molar-refractivity contribution in [3.63, 3.8) is 0 Å². The second kappa shape index (κ2) is 4.66. The lowest BCUT2D eigenvalue weighted by molar-refractivity contribution is 0.742. The molecule has 0 radical (unpaired) electrons. The van der Waals surface area contributed by atoms with E-state index >= 15 is 0 Å². The molecule has 0 aliphatic carbocycles. The maximum atomic E-state index is 5.96. The Labute approximate surface area is 88.1 Å². The molecule has 1 atom stereocenters. The van der Waals surface area contributed by atoms with E-state index < -0.39 is 0 Å². The molecule has 0 fully saturated rings. The molecule has 1 aromatic carbocycles. The normalized spacial score (nSPS) is 12.5. The highest BCUT2D eigenvalue weighted by Gasteiger charge is 2.11. The maximum absolute atomic E-state index is 5.96. The van der Waals surface area contributed by atoms with Gasteiger partial charge in [0.1, 0.15) is 0 Å². The molecule has 3 heteroatoms. The van der Waals surface area contributed by atoms with Crippen LogP contribution in [-0.2, 0) is 0 Å². The lowest BCUT2D eigenvalue weighted by atomic mass is 10.0. The molecule has 0 amide bonds. The van der Waals surface area contributed by atoms with Gasteiger partial charge in [0.2, 0.25) is 0 Å². The fourth-order valence-electron chi connectivity index (χ4n) is 1.16. The van der Waals surface area contributed by atoms with Gasteiger partial charge in [-0.05, 0) is 18.6 Å². The van der Waals surface area contributed by atoms with Crippen LogP contribution < -0.4 is 5.73 Å². The third-order valence-electron chi connectivity index (χ3n) is 1.79. The van der Waals surface area contributed by atoms with Crippen LogP contribution in [0, 0.1) is 0 Å². The van der Waals surface area contributed by atoms with Crippen LogP contribution in [0.2, 0.25) is 10.0 Å². The summed E-state index contributed by atoms with van der Waals surface area (Å²) in [5.74, 6) is 0. The van der Waals surface area contributed by atoms with Crippen LogP contribution in [-0.4, -0.2) is 0 Å². The molecule has 0 aliphatic heterocycles. The molecule has 0 saturated heterocycles. The van der Waals surface area contributed by atoms with Gasteiger partial charge in [0, 0.05) is 21.7 Å². The Morgan fingerprint density at radius 1 is 1.38 bits per heavy atom. The third-order valence-corrected chi connectivity index (χ3v) is 2.45. The summed E-state index contributed by atoms with van der Waals surface area (Å²) in [5.41, 5.74) is 6.66. The van der Waals surface area contributed by atoms with Crippen molar-refractivity contribution in [1.29, 1.82) is 0 Å². The van der Waals surface area contributed by atoms with Crippen LogP contribution in [0.5, 0.6) is 0 Å². The molecule has 0 spiro atoms. The fourth-order valence-corrected chi connectivity index (χ4v) is 1.84. The second-order valence-corrected chi connectivity index (χ2v) is 3.58. The van der Waals surface area contributed by atoms with Crippen LogP contribution in [0.15, 0.2) is 30.9 Å². The Bertz CT molecular complexity index is 290. The predicted octanol–water partition coefficient (Wildman–Crippen LogP) is 3.57. The summed E-state index contributed by atoms with van der Waals surface area (Å²) in [6.45, 7) is 3.62. The summed E-state index contributed by atoms with van der Waals surface area (Å²) in [6.07, 6.45) is 2.42. The van der Waals surface area contributed by atoms with Gasteiger partial charge in [-0.25, -0.2) is 0 Å². The van der Waals surface area contributed by atoms with Crippen molar-refractivity contribution >= 4 is 23.2 Å². The van der Waals surface area contributed by atoms with Crippen LogP contribution in [0.1, 0.15) is 18.0 Å². The van der Waals surface area contributed by atoms with E-state index in [2.05, 4.69) is 6.58 Å². The number of rotatable bonds is 3. The minimum Gasteiger partial charge on any atom is -0.324 e. The topological polar surface area (TPSA) is 26.0 Å². The highest BCUT2D eigenvalue weighted by atomic mass is 35.5. The summed E-state index contributed by atoms with van der Waals surface area (Å²) >= 11 is 11.9. The average Bonchev–Trinajstić information content (AvgIpc) is 2.04. The van der Waals surface area contributed by atoms with Crippen molar-refractivity contribution in [2.75, 3.05) is 0 Å². The monoisotopic (exact) mass is 215 g/mol. The van der Waals surface area contributed by atoms with E-state index in [0.29, 0.717) is 16.5 Å². The highest BCUT2D eigenvalue weighted by Crippen LogP contribution is 2.30. The first-order valence-corrected chi connectivity index (χ1v) is 4.72. The van der Waals surface area contributed by atoms with E-state index in [-0.39, 0.29) is 6.04 Å². The molecule has 0 aromatic heterocycles. The molecular formula is C10H11Cl2N. The van der Waals surface area contributed by atoms with Gasteiger partial charge >= 0.3 is 0 Å². The first-order valence-electron chi connectivity index (χ1n) is 3.97. The molecule has 1 nitrogen and oxygen atoms in total. The quantitative estimate of drug-likeness (QED) is 0.768. The third kappa shape index (κ3) is 2.47. The molecule has 2 N–H and O–H groups in total. The zero-order valence-corrected chi connectivity index (χ0v) is 8.65. The number of halogens is 2. The minimum absolute atomic E-state index is 0.168. The molecule has 0 aliphatic rings. The van der Waals surface area contributed by atoms with E-state index in [1.165, 1.54) is 0 Å². The van der Waals surface area contributed by atoms with Gasteiger partial charge in [0.05, 0.1) is 0 Å². The Kier molecular flexibility index (Phi) is 3.79. The molecule has 1 aromatic rings. The van der Waals surface area contributed by atoms with Gasteiger partial charge in [0.25, 0.3) is 0 Å². The molecule has 70 valence electrons. The predicted molar refractivity (Wildman–Crippen MR) is 58.2 cm³/mol. The molecule has 13 heavy (non-hydrogen) atoms. The standard InChI is InChI=1S/C10H11Cl2N/c1-2-4-9(13)10-7(11)5-3-6-8(10)12/h2-3,5-6,9H,1,4,13H2/t9-/m1/s1. The summed E-state index contributed by atoms with van der Waals surface area (Å²) in [5, 5.41) is 1.23. The van der Waals surface area contributed by atoms with E-state index in [1.807, 2.05) is 0 Å². The van der Waals surface area contributed by atoms with Crippen molar-refractivity contribution in [3.8, 4) is 0 Å². The van der Waals surface area contributed by atoms with Crippen molar-refractivity contribution in [2.45, 2.75) is 12.5 Å². The smallest absolute Gasteiger partial charge is 0.0468 e. The zero-order valence-electron chi connectivity index (χ0n) is 7.13. The van der Waals surface area contributed by atoms with E-state index in [1.54, 1.807) is 24.3 Å². The summed E-state index contributed by atoms with van der Waals surface area (Å²) in [7, 11) is 0. The first-order chi connectivity index (χ1) is 6.16. The second-order valence-electron chi connectivity index (χ2n) is 2.77. The summed E-state index contributed by atoms with van der Waals surface area (Å²) < 4.78 is 0. The maximum Gasteiger partial charge on any atom is 0.0468 e. The lowest BCUT2D eigenvalue weighted by Gasteiger charge is -2.12. The lowest BCUT2D eigenvalue weighted by Crippen LogP contribution is -2.10. The summed E-state index contributed by atoms with van der Waals surface area (Å²) in [6, 6.07) is 5.20. The SMILES string of the molecule is C=CC[C@@H](N)c1c(Cl)cccc1Cl. The van der Waals surface area contributed by atoms with Crippen molar-refractivity contribution in [3.05, 3.63) is 46.5 Å². The van der Waals surface area contributed by atoms with Gasteiger partial charge in [-0.1, -0.05) is 35.3 Å². The Balaban J connectivity index is 3.04. The van der Waals surface area contributed by atoms with E-state index in [0.717, 1.165) is 5.56 Å².